The third kappa shape index (κ3) is 2.59. The van der Waals surface area contributed by atoms with E-state index in [9.17, 15) is 19.7 Å². The predicted molar refractivity (Wildman–Crippen MR) is 69.9 cm³/mol. The summed E-state index contributed by atoms with van der Waals surface area (Å²) in [6, 6.07) is 3.26. The highest BCUT2D eigenvalue weighted by Crippen LogP contribution is 2.23. The summed E-state index contributed by atoms with van der Waals surface area (Å²) in [5, 5.41) is 10.7. The summed E-state index contributed by atoms with van der Waals surface area (Å²) in [5.41, 5.74) is 11.5. The number of non-ortho nitro benzene ring substituents is 1. The first kappa shape index (κ1) is 13.9. The number of hydrogen-bond donors (Lipinski definition) is 2. The Labute approximate surface area is 114 Å². The second-order valence-corrected chi connectivity index (χ2v) is 4.61. The number of hydrogen-bond acceptors (Lipinski definition) is 5. The van der Waals surface area contributed by atoms with Gasteiger partial charge in [0.1, 0.15) is 6.04 Å². The molecule has 4 N–H and O–H groups in total. The maximum absolute atomic E-state index is 12.2. The van der Waals surface area contributed by atoms with Crippen molar-refractivity contribution in [3.8, 4) is 0 Å². The van der Waals surface area contributed by atoms with Crippen LogP contribution < -0.4 is 11.5 Å². The fraction of sp³-hybridized carbons (Fsp3) is 0.333. The van der Waals surface area contributed by atoms with Gasteiger partial charge in [0, 0.05) is 30.8 Å². The summed E-state index contributed by atoms with van der Waals surface area (Å²) < 4.78 is 0. The first-order valence-electron chi connectivity index (χ1n) is 6.01. The Kier molecular flexibility index (Phi) is 3.66. The number of nitro benzene ring substituents is 1. The highest BCUT2D eigenvalue weighted by atomic mass is 16.6. The maximum Gasteiger partial charge on any atom is 0.270 e. The fourth-order valence-electron chi connectivity index (χ4n) is 2.12. The zero-order chi connectivity index (χ0) is 14.9. The number of nitro groups is 1. The summed E-state index contributed by atoms with van der Waals surface area (Å²) in [5.74, 6) is -1.06. The van der Waals surface area contributed by atoms with Crippen LogP contribution in [-0.2, 0) is 11.2 Å². The smallest absolute Gasteiger partial charge is 0.270 e. The highest BCUT2D eigenvalue weighted by molar-refractivity contribution is 5.97. The Bertz CT molecular complexity index is 587. The number of nitrogens with two attached hydrogens (primary N) is 2. The van der Waals surface area contributed by atoms with Crippen molar-refractivity contribution in [1.82, 2.24) is 4.90 Å². The third-order valence-corrected chi connectivity index (χ3v) is 3.26. The van der Waals surface area contributed by atoms with Crippen LogP contribution in [0, 0.1) is 10.1 Å². The van der Waals surface area contributed by atoms with E-state index in [1.54, 1.807) is 6.07 Å². The van der Waals surface area contributed by atoms with Crippen molar-refractivity contribution in [3.63, 3.8) is 0 Å². The Balaban J connectivity index is 2.25. The topological polar surface area (TPSA) is 133 Å². The van der Waals surface area contributed by atoms with Crippen molar-refractivity contribution in [3.05, 3.63) is 39.4 Å². The number of nitrogens with zero attached hydrogens (tertiary/aromatic N) is 2. The van der Waals surface area contributed by atoms with Gasteiger partial charge in [-0.2, -0.15) is 0 Å². The number of benzene rings is 1. The third-order valence-electron chi connectivity index (χ3n) is 3.26. The lowest BCUT2D eigenvalue weighted by atomic mass is 9.98. The number of primary amides is 1. The molecule has 1 aromatic rings. The van der Waals surface area contributed by atoms with Gasteiger partial charge in [-0.05, 0) is 12.0 Å². The van der Waals surface area contributed by atoms with Crippen LogP contribution in [0.5, 0.6) is 0 Å². The second-order valence-electron chi connectivity index (χ2n) is 4.61. The average Bonchev–Trinajstić information content (AvgIpc) is 2.41. The average molecular weight is 278 g/mol. The van der Waals surface area contributed by atoms with Crippen molar-refractivity contribution in [2.24, 2.45) is 11.5 Å². The second kappa shape index (κ2) is 5.25. The van der Waals surface area contributed by atoms with Crippen LogP contribution >= 0.6 is 0 Å². The molecule has 1 aromatic carbocycles. The van der Waals surface area contributed by atoms with E-state index >= 15 is 0 Å². The van der Waals surface area contributed by atoms with Crippen LogP contribution in [0.15, 0.2) is 18.2 Å². The minimum absolute atomic E-state index is 0.0102. The first-order chi connectivity index (χ1) is 9.40. The van der Waals surface area contributed by atoms with E-state index < -0.39 is 16.9 Å². The SMILES string of the molecule is NC(=O)C(N)CN1CCc2ccc([N+](=O)[O-])cc2C1=O. The van der Waals surface area contributed by atoms with Crippen molar-refractivity contribution in [1.29, 1.82) is 0 Å². The monoisotopic (exact) mass is 278 g/mol. The molecule has 1 heterocycles. The van der Waals surface area contributed by atoms with E-state index in [1.165, 1.54) is 17.0 Å². The van der Waals surface area contributed by atoms with Gasteiger partial charge >= 0.3 is 0 Å². The van der Waals surface area contributed by atoms with Crippen LogP contribution in [-0.4, -0.2) is 40.8 Å². The lowest BCUT2D eigenvalue weighted by molar-refractivity contribution is -0.384. The number of carbonyl (C=O) groups is 2. The largest absolute Gasteiger partial charge is 0.368 e. The molecule has 0 radical (unpaired) electrons. The number of fused-ring (bicyclic) bond motifs is 1. The molecule has 2 rings (SSSR count). The van der Waals surface area contributed by atoms with E-state index in [2.05, 4.69) is 0 Å². The molecule has 0 aliphatic carbocycles. The molecule has 1 unspecified atom stereocenters. The van der Waals surface area contributed by atoms with Crippen LogP contribution in [0.3, 0.4) is 0 Å². The van der Waals surface area contributed by atoms with E-state index in [0.29, 0.717) is 13.0 Å². The van der Waals surface area contributed by atoms with Gasteiger partial charge in [0.05, 0.1) is 4.92 Å². The molecule has 0 aromatic heterocycles. The lowest BCUT2D eigenvalue weighted by Gasteiger charge is -2.29. The molecular weight excluding hydrogens is 264 g/mol. The Morgan fingerprint density at radius 2 is 2.20 bits per heavy atom. The summed E-state index contributed by atoms with van der Waals surface area (Å²) in [7, 11) is 0. The summed E-state index contributed by atoms with van der Waals surface area (Å²) in [6.45, 7) is 0.418. The van der Waals surface area contributed by atoms with E-state index in [4.69, 9.17) is 11.5 Å². The molecule has 0 saturated carbocycles. The van der Waals surface area contributed by atoms with Crippen LogP contribution in [0.1, 0.15) is 15.9 Å². The molecule has 8 heteroatoms. The fourth-order valence-corrected chi connectivity index (χ4v) is 2.12. The van der Waals surface area contributed by atoms with Crippen LogP contribution in [0.4, 0.5) is 5.69 Å². The number of amides is 2. The highest BCUT2D eigenvalue weighted by Gasteiger charge is 2.28. The van der Waals surface area contributed by atoms with Crippen LogP contribution in [0.25, 0.3) is 0 Å². The molecule has 2 amide bonds. The van der Waals surface area contributed by atoms with Gasteiger partial charge in [-0.3, -0.25) is 19.7 Å². The van der Waals surface area contributed by atoms with Gasteiger partial charge in [-0.15, -0.1) is 0 Å². The molecule has 8 nitrogen and oxygen atoms in total. The van der Waals surface area contributed by atoms with Gasteiger partial charge in [-0.25, -0.2) is 0 Å². The van der Waals surface area contributed by atoms with Gasteiger partial charge < -0.3 is 16.4 Å². The van der Waals surface area contributed by atoms with Gasteiger partial charge in [-0.1, -0.05) is 6.07 Å². The minimum Gasteiger partial charge on any atom is -0.368 e. The molecule has 20 heavy (non-hydrogen) atoms. The molecule has 0 bridgehead atoms. The van der Waals surface area contributed by atoms with E-state index in [0.717, 1.165) is 5.56 Å². The standard InChI is InChI=1S/C12H14N4O4/c13-10(11(14)17)6-15-4-3-7-1-2-8(16(19)20)5-9(7)12(15)18/h1-2,5,10H,3-4,6,13H2,(H2,14,17). The van der Waals surface area contributed by atoms with Crippen molar-refractivity contribution in [2.45, 2.75) is 12.5 Å². The Morgan fingerprint density at radius 1 is 1.50 bits per heavy atom. The molecule has 106 valence electrons. The van der Waals surface area contributed by atoms with Gasteiger partial charge in [0.25, 0.3) is 11.6 Å². The Morgan fingerprint density at radius 3 is 2.80 bits per heavy atom. The minimum atomic E-state index is -0.945. The van der Waals surface area contributed by atoms with Crippen molar-refractivity contribution >= 4 is 17.5 Å². The summed E-state index contributed by atoms with van der Waals surface area (Å²) in [6.07, 6.45) is 0.560. The van der Waals surface area contributed by atoms with E-state index in [-0.39, 0.29) is 23.7 Å². The zero-order valence-corrected chi connectivity index (χ0v) is 10.6. The summed E-state index contributed by atoms with van der Waals surface area (Å²) in [4.78, 5) is 34.8. The number of rotatable bonds is 4. The number of carbonyl (C=O) groups excluding carboxylic acids is 2. The molecule has 0 fully saturated rings. The molecule has 0 saturated heterocycles. The van der Waals surface area contributed by atoms with Crippen LogP contribution in [0.2, 0.25) is 0 Å². The molecular formula is C12H14N4O4. The quantitative estimate of drug-likeness (QED) is 0.560. The Hall–Kier alpha value is -2.48. The normalized spacial score (nSPS) is 15.7. The van der Waals surface area contributed by atoms with Crippen molar-refractivity contribution in [2.75, 3.05) is 13.1 Å². The van der Waals surface area contributed by atoms with Gasteiger partial charge in [0.15, 0.2) is 0 Å². The molecule has 1 aliphatic heterocycles. The first-order valence-corrected chi connectivity index (χ1v) is 6.01. The molecule has 1 aliphatic rings. The summed E-state index contributed by atoms with van der Waals surface area (Å²) >= 11 is 0. The predicted octanol–water partition coefficient (Wildman–Crippen LogP) is -0.594. The van der Waals surface area contributed by atoms with Gasteiger partial charge in [0.2, 0.25) is 5.91 Å². The van der Waals surface area contributed by atoms with E-state index in [1.807, 2.05) is 0 Å². The molecule has 1 atom stereocenters. The zero-order valence-electron chi connectivity index (χ0n) is 10.6. The lowest BCUT2D eigenvalue weighted by Crippen LogP contribution is -2.49. The maximum atomic E-state index is 12.2. The molecule has 0 spiro atoms. The van der Waals surface area contributed by atoms with Crippen molar-refractivity contribution < 1.29 is 14.5 Å².